The molecule has 0 aliphatic heterocycles. The van der Waals surface area contributed by atoms with Gasteiger partial charge in [-0.3, -0.25) is 4.79 Å². The van der Waals surface area contributed by atoms with Gasteiger partial charge >= 0.3 is 6.18 Å². The summed E-state index contributed by atoms with van der Waals surface area (Å²) in [5.74, 6) is 0.648. The molecule has 20 heavy (non-hydrogen) atoms. The van der Waals surface area contributed by atoms with Crippen LogP contribution in [0.3, 0.4) is 0 Å². The van der Waals surface area contributed by atoms with Crippen molar-refractivity contribution in [2.24, 2.45) is 5.92 Å². The lowest BCUT2D eigenvalue weighted by Gasteiger charge is -2.38. The van der Waals surface area contributed by atoms with Gasteiger partial charge in [-0.1, -0.05) is 6.92 Å². The van der Waals surface area contributed by atoms with Gasteiger partial charge in [-0.15, -0.1) is 11.6 Å². The van der Waals surface area contributed by atoms with Gasteiger partial charge < -0.3 is 10.1 Å². The minimum Gasteiger partial charge on any atom is -0.372 e. The second-order valence-electron chi connectivity index (χ2n) is 5.56. The molecule has 1 fully saturated rings. The third kappa shape index (κ3) is 6.31. The second-order valence-corrected chi connectivity index (χ2v) is 5.83. The summed E-state index contributed by atoms with van der Waals surface area (Å²) in [7, 11) is 0. The third-order valence-electron chi connectivity index (χ3n) is 3.63. The molecule has 1 aliphatic carbocycles. The summed E-state index contributed by atoms with van der Waals surface area (Å²) >= 11 is 5.96. The summed E-state index contributed by atoms with van der Waals surface area (Å²) in [4.78, 5) is 11.8. The van der Waals surface area contributed by atoms with Gasteiger partial charge in [0.2, 0.25) is 5.91 Å². The van der Waals surface area contributed by atoms with Crippen LogP contribution in [0.25, 0.3) is 0 Å². The molecule has 0 unspecified atom stereocenters. The minimum atomic E-state index is -4.35. The van der Waals surface area contributed by atoms with E-state index in [2.05, 4.69) is 17.0 Å². The van der Waals surface area contributed by atoms with Crippen molar-refractivity contribution in [1.82, 2.24) is 5.32 Å². The molecule has 0 aromatic rings. The van der Waals surface area contributed by atoms with E-state index in [1.54, 1.807) is 0 Å². The van der Waals surface area contributed by atoms with Crippen LogP contribution in [0.5, 0.6) is 0 Å². The number of hydrogen-bond donors (Lipinski definition) is 1. The Morgan fingerprint density at radius 2 is 2.00 bits per heavy atom. The van der Waals surface area contributed by atoms with Crippen molar-refractivity contribution < 1.29 is 22.7 Å². The third-order valence-corrected chi connectivity index (χ3v) is 4.14. The Morgan fingerprint density at radius 1 is 1.40 bits per heavy atom. The predicted molar refractivity (Wildman–Crippen MR) is 70.7 cm³/mol. The van der Waals surface area contributed by atoms with E-state index in [9.17, 15) is 18.0 Å². The number of alkyl halides is 4. The lowest BCUT2D eigenvalue weighted by Crippen LogP contribution is -2.52. The SMILES string of the molecule is CC1CCC(CCl)(NC(=O)CCOCC(F)(F)F)CC1. The van der Waals surface area contributed by atoms with Crippen LogP contribution in [0.1, 0.15) is 39.0 Å². The topological polar surface area (TPSA) is 38.3 Å². The normalized spacial score (nSPS) is 27.4. The number of halogens is 4. The number of carbonyl (C=O) groups excluding carboxylic acids is 1. The highest BCUT2D eigenvalue weighted by atomic mass is 35.5. The first-order valence-corrected chi connectivity index (χ1v) is 7.31. The van der Waals surface area contributed by atoms with Gasteiger partial charge in [-0.25, -0.2) is 0 Å². The van der Waals surface area contributed by atoms with Gasteiger partial charge in [0.25, 0.3) is 0 Å². The highest BCUT2D eigenvalue weighted by molar-refractivity contribution is 6.18. The summed E-state index contributed by atoms with van der Waals surface area (Å²) in [5.41, 5.74) is -0.408. The van der Waals surface area contributed by atoms with E-state index >= 15 is 0 Å². The summed E-state index contributed by atoms with van der Waals surface area (Å²) in [5, 5.41) is 2.87. The van der Waals surface area contributed by atoms with Crippen LogP contribution in [-0.2, 0) is 9.53 Å². The molecule has 0 aromatic carbocycles. The molecule has 118 valence electrons. The Morgan fingerprint density at radius 3 is 2.50 bits per heavy atom. The molecule has 0 atom stereocenters. The van der Waals surface area contributed by atoms with E-state index in [0.717, 1.165) is 25.7 Å². The number of amides is 1. The van der Waals surface area contributed by atoms with Crippen LogP contribution in [0.15, 0.2) is 0 Å². The van der Waals surface area contributed by atoms with Crippen molar-refractivity contribution >= 4 is 17.5 Å². The molecule has 1 aliphatic rings. The van der Waals surface area contributed by atoms with Gasteiger partial charge in [0.05, 0.1) is 12.1 Å². The molecule has 0 radical (unpaired) electrons. The standard InChI is InChI=1S/C13H21ClF3NO2/c1-10-2-5-12(8-14,6-3-10)18-11(19)4-7-20-9-13(15,16)17/h10H,2-9H2,1H3,(H,18,19). The van der Waals surface area contributed by atoms with E-state index in [1.807, 2.05) is 0 Å². The highest BCUT2D eigenvalue weighted by Crippen LogP contribution is 2.32. The van der Waals surface area contributed by atoms with Gasteiger partial charge in [0.15, 0.2) is 0 Å². The Kier molecular flexibility index (Phi) is 6.58. The van der Waals surface area contributed by atoms with E-state index < -0.39 is 18.3 Å². The quantitative estimate of drug-likeness (QED) is 0.603. The van der Waals surface area contributed by atoms with Crippen LogP contribution in [0.4, 0.5) is 13.2 Å². The number of carbonyl (C=O) groups is 1. The summed E-state index contributed by atoms with van der Waals surface area (Å²) in [6, 6.07) is 0. The fourth-order valence-corrected chi connectivity index (χ4v) is 2.65. The minimum absolute atomic E-state index is 0.0791. The molecule has 1 saturated carbocycles. The Balaban J connectivity index is 2.29. The Hall–Kier alpha value is -0.490. The average molecular weight is 316 g/mol. The molecule has 0 spiro atoms. The molecule has 0 saturated heterocycles. The molecule has 0 aromatic heterocycles. The molecular weight excluding hydrogens is 295 g/mol. The zero-order chi connectivity index (χ0) is 15.2. The van der Waals surface area contributed by atoms with Gasteiger partial charge in [-0.05, 0) is 31.6 Å². The number of nitrogens with one attached hydrogen (secondary N) is 1. The maximum Gasteiger partial charge on any atom is 0.411 e. The van der Waals surface area contributed by atoms with E-state index in [-0.39, 0.29) is 18.9 Å². The van der Waals surface area contributed by atoms with Crippen LogP contribution in [0.2, 0.25) is 0 Å². The van der Waals surface area contributed by atoms with Gasteiger partial charge in [0.1, 0.15) is 6.61 Å². The van der Waals surface area contributed by atoms with E-state index in [0.29, 0.717) is 11.8 Å². The van der Waals surface area contributed by atoms with Crippen LogP contribution in [-0.4, -0.2) is 36.7 Å². The summed E-state index contributed by atoms with van der Waals surface area (Å²) in [6.07, 6.45) is -0.813. The lowest BCUT2D eigenvalue weighted by molar-refractivity contribution is -0.174. The zero-order valence-corrected chi connectivity index (χ0v) is 12.3. The van der Waals surface area contributed by atoms with Crippen LogP contribution in [0, 0.1) is 5.92 Å². The van der Waals surface area contributed by atoms with Crippen LogP contribution >= 0.6 is 11.6 Å². The number of ether oxygens (including phenoxy) is 1. The van der Waals surface area contributed by atoms with Crippen molar-refractivity contribution in [3.8, 4) is 0 Å². The Labute approximate surface area is 122 Å². The van der Waals surface area contributed by atoms with Crippen molar-refractivity contribution in [3.63, 3.8) is 0 Å². The molecule has 1 amide bonds. The number of hydrogen-bond acceptors (Lipinski definition) is 2. The van der Waals surface area contributed by atoms with Gasteiger partial charge in [-0.2, -0.15) is 13.2 Å². The number of rotatable bonds is 6. The van der Waals surface area contributed by atoms with E-state index in [4.69, 9.17) is 11.6 Å². The largest absolute Gasteiger partial charge is 0.411 e. The van der Waals surface area contributed by atoms with E-state index in [1.165, 1.54) is 0 Å². The predicted octanol–water partition coefficient (Wildman–Crippen LogP) is 3.26. The lowest BCUT2D eigenvalue weighted by atomic mass is 9.78. The second kappa shape index (κ2) is 7.50. The fraction of sp³-hybridized carbons (Fsp3) is 0.923. The molecule has 0 heterocycles. The molecule has 3 nitrogen and oxygen atoms in total. The zero-order valence-electron chi connectivity index (χ0n) is 11.6. The summed E-state index contributed by atoms with van der Waals surface area (Å²) < 4.78 is 40.0. The van der Waals surface area contributed by atoms with Crippen molar-refractivity contribution in [2.45, 2.75) is 50.7 Å². The fourth-order valence-electron chi connectivity index (χ4n) is 2.32. The van der Waals surface area contributed by atoms with Crippen molar-refractivity contribution in [2.75, 3.05) is 19.1 Å². The first kappa shape index (κ1) is 17.6. The molecular formula is C13H21ClF3NO2. The smallest absolute Gasteiger partial charge is 0.372 e. The summed E-state index contributed by atoms with van der Waals surface area (Å²) in [6.45, 7) is 0.601. The van der Waals surface area contributed by atoms with Crippen molar-refractivity contribution in [1.29, 1.82) is 0 Å². The molecule has 7 heteroatoms. The maximum absolute atomic E-state index is 11.9. The Bertz CT molecular complexity index is 315. The molecule has 1 N–H and O–H groups in total. The van der Waals surface area contributed by atoms with Crippen LogP contribution < -0.4 is 5.32 Å². The molecule has 1 rings (SSSR count). The average Bonchev–Trinajstić information content (AvgIpc) is 2.37. The monoisotopic (exact) mass is 315 g/mol. The van der Waals surface area contributed by atoms with Gasteiger partial charge in [0, 0.05) is 12.3 Å². The first-order chi connectivity index (χ1) is 9.26. The maximum atomic E-state index is 11.9. The first-order valence-electron chi connectivity index (χ1n) is 6.78. The highest BCUT2D eigenvalue weighted by Gasteiger charge is 2.34. The van der Waals surface area contributed by atoms with Crippen molar-refractivity contribution in [3.05, 3.63) is 0 Å². The molecule has 0 bridgehead atoms.